The molecule has 6 nitrogen and oxygen atoms in total. The van der Waals surface area contributed by atoms with Gasteiger partial charge in [-0.2, -0.15) is 0 Å². The molecule has 1 aromatic carbocycles. The first-order valence-corrected chi connectivity index (χ1v) is 12.9. The maximum absolute atomic E-state index is 14.7. The zero-order valence-corrected chi connectivity index (χ0v) is 21.2. The van der Waals surface area contributed by atoms with Gasteiger partial charge in [0.05, 0.1) is 22.9 Å². The average Bonchev–Trinajstić information content (AvgIpc) is 3.78. The fourth-order valence-electron chi connectivity index (χ4n) is 5.67. The van der Waals surface area contributed by atoms with Crippen molar-refractivity contribution >= 4 is 11.6 Å². The number of likely N-dealkylation sites (tertiary alicyclic amines) is 1. The molecular formula is C27H31F5N4O2. The number of hydrogen-bond acceptors (Lipinski definition) is 4. The molecule has 5 rings (SSSR count). The molecule has 2 heterocycles. The largest absolute Gasteiger partial charge is 0.381 e. The lowest BCUT2D eigenvalue weighted by Gasteiger charge is -2.38. The van der Waals surface area contributed by atoms with Gasteiger partial charge in [-0.05, 0) is 52.5 Å². The van der Waals surface area contributed by atoms with E-state index >= 15 is 0 Å². The third-order valence-corrected chi connectivity index (χ3v) is 8.49. The van der Waals surface area contributed by atoms with Gasteiger partial charge in [0.15, 0.2) is 0 Å². The number of aromatic nitrogens is 1. The van der Waals surface area contributed by atoms with Crippen molar-refractivity contribution in [2.75, 3.05) is 18.9 Å². The summed E-state index contributed by atoms with van der Waals surface area (Å²) in [5.74, 6) is -1.84. The van der Waals surface area contributed by atoms with Crippen LogP contribution in [0.25, 0.3) is 0 Å². The number of pyridine rings is 1. The highest BCUT2D eigenvalue weighted by molar-refractivity contribution is 5.99. The summed E-state index contributed by atoms with van der Waals surface area (Å²) in [4.78, 5) is 28.7. The van der Waals surface area contributed by atoms with Gasteiger partial charge in [-0.3, -0.25) is 9.59 Å². The van der Waals surface area contributed by atoms with Crippen LogP contribution in [-0.4, -0.2) is 47.0 Å². The minimum atomic E-state index is -3.02. The summed E-state index contributed by atoms with van der Waals surface area (Å²) < 4.78 is 69.8. The summed E-state index contributed by atoms with van der Waals surface area (Å²) in [7, 11) is 2.08. The SMILES string of the molecule is C[C@@H](NC(=O)c1cn(C2(C(F)F)CC2)c(=O)cc1NC1CCN(C)C2(CC2)C1)c1cccc(C(F)F)c1F. The minimum absolute atomic E-state index is 0.0296. The third kappa shape index (κ3) is 4.69. The number of alkyl halides is 4. The van der Waals surface area contributed by atoms with Gasteiger partial charge in [-0.15, -0.1) is 0 Å². The molecule has 2 saturated carbocycles. The van der Waals surface area contributed by atoms with Crippen LogP contribution in [0, 0.1) is 5.82 Å². The third-order valence-electron chi connectivity index (χ3n) is 8.49. The van der Waals surface area contributed by atoms with Crippen LogP contribution in [0.2, 0.25) is 0 Å². The molecule has 3 aliphatic rings. The molecule has 1 aromatic heterocycles. The normalized spacial score (nSPS) is 22.5. The van der Waals surface area contributed by atoms with Crippen molar-refractivity contribution < 1.29 is 26.7 Å². The first kappa shape index (κ1) is 26.6. The Morgan fingerprint density at radius 2 is 1.79 bits per heavy atom. The van der Waals surface area contributed by atoms with Gasteiger partial charge in [-0.1, -0.05) is 18.2 Å². The van der Waals surface area contributed by atoms with Crippen molar-refractivity contribution in [2.24, 2.45) is 0 Å². The molecule has 1 spiro atoms. The number of anilines is 1. The minimum Gasteiger partial charge on any atom is -0.381 e. The van der Waals surface area contributed by atoms with Crippen LogP contribution < -0.4 is 16.2 Å². The van der Waals surface area contributed by atoms with Crippen molar-refractivity contribution in [3.05, 3.63) is 63.3 Å². The number of hydrogen-bond donors (Lipinski definition) is 2. The molecule has 1 amide bonds. The van der Waals surface area contributed by atoms with Crippen LogP contribution in [0.5, 0.6) is 0 Å². The Hall–Kier alpha value is -2.95. The molecular weight excluding hydrogens is 507 g/mol. The molecule has 3 fully saturated rings. The Kier molecular flexibility index (Phi) is 6.77. The molecule has 11 heteroatoms. The second-order valence-corrected chi connectivity index (χ2v) is 10.9. The molecule has 1 saturated heterocycles. The fraction of sp³-hybridized carbons (Fsp3) is 0.556. The van der Waals surface area contributed by atoms with E-state index in [4.69, 9.17) is 0 Å². The van der Waals surface area contributed by atoms with Crippen molar-refractivity contribution in [2.45, 2.75) is 81.5 Å². The summed E-state index contributed by atoms with van der Waals surface area (Å²) in [5.41, 5.74) is -2.91. The van der Waals surface area contributed by atoms with Gasteiger partial charge < -0.3 is 20.1 Å². The highest BCUT2D eigenvalue weighted by Crippen LogP contribution is 2.49. The lowest BCUT2D eigenvalue weighted by atomic mass is 9.95. The summed E-state index contributed by atoms with van der Waals surface area (Å²) in [6.07, 6.45) is -0.727. The lowest BCUT2D eigenvalue weighted by Crippen LogP contribution is -2.46. The van der Waals surface area contributed by atoms with Crippen LogP contribution in [0.3, 0.4) is 0 Å². The second-order valence-electron chi connectivity index (χ2n) is 10.9. The molecule has 206 valence electrons. The van der Waals surface area contributed by atoms with E-state index in [1.807, 2.05) is 0 Å². The first-order valence-electron chi connectivity index (χ1n) is 12.9. The van der Waals surface area contributed by atoms with E-state index < -0.39 is 47.3 Å². The van der Waals surface area contributed by atoms with E-state index in [2.05, 4.69) is 22.6 Å². The Labute approximate surface area is 217 Å². The number of halogens is 5. The number of nitrogens with one attached hydrogen (secondary N) is 2. The van der Waals surface area contributed by atoms with E-state index in [1.54, 1.807) is 0 Å². The number of benzene rings is 1. The van der Waals surface area contributed by atoms with Crippen molar-refractivity contribution in [3.8, 4) is 0 Å². The predicted molar refractivity (Wildman–Crippen MR) is 132 cm³/mol. The topological polar surface area (TPSA) is 66.4 Å². The monoisotopic (exact) mass is 538 g/mol. The Morgan fingerprint density at radius 3 is 2.39 bits per heavy atom. The smallest absolute Gasteiger partial charge is 0.266 e. The van der Waals surface area contributed by atoms with Gasteiger partial charge in [0.25, 0.3) is 24.3 Å². The number of carbonyl (C=O) groups excluding carboxylic acids is 1. The molecule has 2 N–H and O–H groups in total. The molecule has 0 bridgehead atoms. The van der Waals surface area contributed by atoms with Gasteiger partial charge in [0, 0.05) is 36.0 Å². The summed E-state index contributed by atoms with van der Waals surface area (Å²) >= 11 is 0. The van der Waals surface area contributed by atoms with Crippen LogP contribution in [0.4, 0.5) is 27.6 Å². The molecule has 2 aliphatic carbocycles. The number of rotatable bonds is 8. The number of piperidine rings is 1. The zero-order valence-electron chi connectivity index (χ0n) is 21.2. The van der Waals surface area contributed by atoms with Crippen molar-refractivity contribution in [1.82, 2.24) is 14.8 Å². The van der Waals surface area contributed by atoms with Gasteiger partial charge in [0.2, 0.25) is 0 Å². The van der Waals surface area contributed by atoms with Crippen molar-refractivity contribution in [1.29, 1.82) is 0 Å². The standard InChI is InChI=1S/C27H31F5N4O2/c1-15(17-4-3-5-18(22(17)28)23(29)30)33-24(38)19-14-36(27(9-10-27)25(31)32)21(37)12-20(19)34-16-6-11-35(2)26(13-16)7-8-26/h3-5,12,14-16,23,25,34H,6-11,13H2,1-2H3,(H,33,38)/t15-,16?/m1/s1. The second kappa shape index (κ2) is 9.66. The fourth-order valence-corrected chi connectivity index (χ4v) is 5.67. The van der Waals surface area contributed by atoms with Crippen LogP contribution in [0.15, 0.2) is 35.3 Å². The number of amides is 1. The molecule has 0 radical (unpaired) electrons. The predicted octanol–water partition coefficient (Wildman–Crippen LogP) is 5.21. The molecule has 38 heavy (non-hydrogen) atoms. The first-order chi connectivity index (χ1) is 18.0. The summed E-state index contributed by atoms with van der Waals surface area (Å²) in [5, 5.41) is 5.91. The van der Waals surface area contributed by atoms with Gasteiger partial charge in [-0.25, -0.2) is 22.0 Å². The molecule has 2 aromatic rings. The Bertz CT molecular complexity index is 1290. The maximum atomic E-state index is 14.7. The highest BCUT2D eigenvalue weighted by Gasteiger charge is 2.54. The van der Waals surface area contributed by atoms with E-state index in [0.717, 1.165) is 49.1 Å². The Balaban J connectivity index is 1.46. The van der Waals surface area contributed by atoms with E-state index in [0.29, 0.717) is 0 Å². The van der Waals surface area contributed by atoms with E-state index in [1.165, 1.54) is 25.1 Å². The summed E-state index contributed by atoms with van der Waals surface area (Å²) in [6, 6.07) is 3.70. The average molecular weight is 539 g/mol. The number of nitrogens with zero attached hydrogens (tertiary/aromatic N) is 2. The van der Waals surface area contributed by atoms with E-state index in [-0.39, 0.29) is 41.2 Å². The van der Waals surface area contributed by atoms with Crippen LogP contribution in [0.1, 0.15) is 79.4 Å². The molecule has 1 aliphatic heterocycles. The highest BCUT2D eigenvalue weighted by atomic mass is 19.3. The van der Waals surface area contributed by atoms with Crippen LogP contribution in [-0.2, 0) is 5.54 Å². The quantitative estimate of drug-likeness (QED) is 0.453. The Morgan fingerprint density at radius 1 is 1.11 bits per heavy atom. The van der Waals surface area contributed by atoms with Gasteiger partial charge >= 0.3 is 0 Å². The molecule has 2 atom stereocenters. The molecule has 1 unspecified atom stereocenters. The zero-order chi connectivity index (χ0) is 27.4. The van der Waals surface area contributed by atoms with Gasteiger partial charge in [0.1, 0.15) is 11.4 Å². The summed E-state index contributed by atoms with van der Waals surface area (Å²) in [6.45, 7) is 2.28. The van der Waals surface area contributed by atoms with Crippen molar-refractivity contribution in [3.63, 3.8) is 0 Å². The number of carbonyl (C=O) groups is 1. The lowest BCUT2D eigenvalue weighted by molar-refractivity contribution is 0.0648. The maximum Gasteiger partial charge on any atom is 0.266 e. The van der Waals surface area contributed by atoms with E-state index in [9.17, 15) is 31.5 Å². The van der Waals surface area contributed by atoms with Crippen LogP contribution >= 0.6 is 0 Å².